The van der Waals surface area contributed by atoms with E-state index in [1.165, 1.54) is 16.2 Å². The number of thiazole rings is 1. The van der Waals surface area contributed by atoms with Crippen LogP contribution in [0.5, 0.6) is 0 Å². The minimum atomic E-state index is -0.843. The van der Waals surface area contributed by atoms with Gasteiger partial charge in [-0.15, -0.1) is 11.3 Å². The van der Waals surface area contributed by atoms with E-state index in [9.17, 15) is 19.2 Å². The quantitative estimate of drug-likeness (QED) is 0.493. The van der Waals surface area contributed by atoms with Crippen molar-refractivity contribution in [3.05, 3.63) is 39.5 Å². The third-order valence-electron chi connectivity index (χ3n) is 6.75. The Bertz CT molecular complexity index is 1180. The molecule has 2 aromatic heterocycles. The van der Waals surface area contributed by atoms with Crippen LogP contribution in [0.3, 0.4) is 0 Å². The molecule has 37 heavy (non-hydrogen) atoms. The molecule has 2 aromatic rings. The Morgan fingerprint density at radius 1 is 1.08 bits per heavy atom. The lowest BCUT2D eigenvalue weighted by atomic mass is 9.81. The highest BCUT2D eigenvalue weighted by Crippen LogP contribution is 2.28. The standard InChI is InChI=1S/C25H33N7O4S/c1-14-5-8-20(26-12-14)30-22(34)21(33)27-16-7-6-15(25(36)31(2)3)11-18(16)28-23(35)24-29-17-9-10-32(4)13-19(17)37-24/h5,8,12,15-16,18H,6-7,9-11,13H2,1-4H3,(H,27,33)(H,28,35)(H,26,30,34)/t15-,16+,18+/m1/s1. The van der Waals surface area contributed by atoms with Crippen LogP contribution >= 0.6 is 11.3 Å². The molecule has 0 unspecified atom stereocenters. The van der Waals surface area contributed by atoms with E-state index in [0.717, 1.165) is 35.6 Å². The normalized spacial score (nSPS) is 21.5. The lowest BCUT2D eigenvalue weighted by Crippen LogP contribution is -2.57. The molecule has 1 aliphatic heterocycles. The fraction of sp³-hybridized carbons (Fsp3) is 0.520. The second-order valence-corrected chi connectivity index (χ2v) is 11.0. The SMILES string of the molecule is Cc1ccc(NC(=O)C(=O)N[C@H]2CC[C@@H](C(=O)N(C)C)C[C@@H]2NC(=O)c2nc3c(s2)CN(C)CC3)nc1. The number of likely N-dealkylation sites (N-methyl/N-ethyl adjacent to an activating group) is 1. The summed E-state index contributed by atoms with van der Waals surface area (Å²) >= 11 is 1.37. The fourth-order valence-corrected chi connectivity index (χ4v) is 5.78. The molecule has 1 saturated carbocycles. The number of carbonyl (C=O) groups is 4. The molecular weight excluding hydrogens is 494 g/mol. The summed E-state index contributed by atoms with van der Waals surface area (Å²) in [6, 6.07) is 2.35. The summed E-state index contributed by atoms with van der Waals surface area (Å²) in [5.41, 5.74) is 1.88. The van der Waals surface area contributed by atoms with Crippen molar-refractivity contribution in [2.45, 2.75) is 51.2 Å². The number of hydrogen-bond donors (Lipinski definition) is 3. The third kappa shape index (κ3) is 6.50. The van der Waals surface area contributed by atoms with Gasteiger partial charge >= 0.3 is 11.8 Å². The molecule has 4 amide bonds. The van der Waals surface area contributed by atoms with Crippen molar-refractivity contribution in [3.8, 4) is 0 Å². The molecule has 2 aliphatic rings. The lowest BCUT2D eigenvalue weighted by Gasteiger charge is -2.37. The van der Waals surface area contributed by atoms with Gasteiger partial charge in [0.25, 0.3) is 5.91 Å². The number of hydrogen-bond acceptors (Lipinski definition) is 8. The first-order valence-electron chi connectivity index (χ1n) is 12.3. The van der Waals surface area contributed by atoms with Crippen molar-refractivity contribution in [3.63, 3.8) is 0 Å². The molecule has 11 nitrogen and oxygen atoms in total. The number of pyridine rings is 1. The minimum absolute atomic E-state index is 0.0278. The van der Waals surface area contributed by atoms with Gasteiger partial charge in [0.05, 0.1) is 11.7 Å². The summed E-state index contributed by atoms with van der Waals surface area (Å²) in [6.45, 7) is 3.52. The Hall–Kier alpha value is -3.38. The van der Waals surface area contributed by atoms with Crippen molar-refractivity contribution in [1.82, 2.24) is 30.4 Å². The summed E-state index contributed by atoms with van der Waals surface area (Å²) in [5.74, 6) is -2.05. The average molecular weight is 528 g/mol. The van der Waals surface area contributed by atoms with Crippen molar-refractivity contribution in [1.29, 1.82) is 0 Å². The van der Waals surface area contributed by atoms with Gasteiger partial charge in [0.15, 0.2) is 5.01 Å². The van der Waals surface area contributed by atoms with Crippen LogP contribution in [0.25, 0.3) is 0 Å². The maximum atomic E-state index is 13.2. The highest BCUT2D eigenvalue weighted by Gasteiger charge is 2.37. The van der Waals surface area contributed by atoms with Gasteiger partial charge in [-0.05, 0) is 44.9 Å². The van der Waals surface area contributed by atoms with Crippen molar-refractivity contribution in [2.75, 3.05) is 33.0 Å². The second kappa shape index (κ2) is 11.3. The van der Waals surface area contributed by atoms with Gasteiger partial charge < -0.3 is 25.8 Å². The Balaban J connectivity index is 1.45. The van der Waals surface area contributed by atoms with Crippen LogP contribution in [-0.2, 0) is 27.3 Å². The number of anilines is 1. The summed E-state index contributed by atoms with van der Waals surface area (Å²) in [5, 5.41) is 8.61. The van der Waals surface area contributed by atoms with Crippen LogP contribution < -0.4 is 16.0 Å². The molecular formula is C25H33N7O4S. The van der Waals surface area contributed by atoms with E-state index in [0.29, 0.717) is 24.3 Å². The van der Waals surface area contributed by atoms with E-state index in [2.05, 4.69) is 30.8 Å². The van der Waals surface area contributed by atoms with E-state index < -0.39 is 23.9 Å². The zero-order chi connectivity index (χ0) is 26.7. The largest absolute Gasteiger partial charge is 0.349 e. The molecule has 1 aliphatic carbocycles. The first-order valence-corrected chi connectivity index (χ1v) is 13.2. The van der Waals surface area contributed by atoms with E-state index in [-0.39, 0.29) is 23.6 Å². The third-order valence-corrected chi connectivity index (χ3v) is 7.83. The first kappa shape index (κ1) is 26.7. The molecule has 0 aromatic carbocycles. The van der Waals surface area contributed by atoms with E-state index in [1.54, 1.807) is 32.4 Å². The molecule has 3 N–H and O–H groups in total. The number of aromatic nitrogens is 2. The number of aryl methyl sites for hydroxylation is 1. The van der Waals surface area contributed by atoms with Crippen LogP contribution in [-0.4, -0.2) is 83.2 Å². The Morgan fingerprint density at radius 2 is 1.86 bits per heavy atom. The molecule has 0 radical (unpaired) electrons. The van der Waals surface area contributed by atoms with Crippen LogP contribution in [0.4, 0.5) is 5.82 Å². The van der Waals surface area contributed by atoms with Crippen molar-refractivity contribution in [2.24, 2.45) is 5.92 Å². The van der Waals surface area contributed by atoms with E-state index in [1.807, 2.05) is 14.0 Å². The van der Waals surface area contributed by atoms with Crippen molar-refractivity contribution < 1.29 is 19.2 Å². The number of nitrogens with zero attached hydrogens (tertiary/aromatic N) is 4. The molecule has 4 rings (SSSR count). The van der Waals surface area contributed by atoms with Gasteiger partial charge in [0.1, 0.15) is 5.82 Å². The fourth-order valence-electron chi connectivity index (χ4n) is 4.69. The number of rotatable bonds is 5. The zero-order valence-electron chi connectivity index (χ0n) is 21.5. The molecule has 3 atom stereocenters. The van der Waals surface area contributed by atoms with Gasteiger partial charge in [-0.2, -0.15) is 0 Å². The van der Waals surface area contributed by atoms with Gasteiger partial charge in [-0.3, -0.25) is 19.2 Å². The van der Waals surface area contributed by atoms with Gasteiger partial charge in [0, 0.05) is 56.6 Å². The predicted molar refractivity (Wildman–Crippen MR) is 139 cm³/mol. The predicted octanol–water partition coefficient (Wildman–Crippen LogP) is 0.945. The number of carbonyl (C=O) groups excluding carboxylic acids is 4. The summed E-state index contributed by atoms with van der Waals surface area (Å²) in [4.78, 5) is 64.5. The van der Waals surface area contributed by atoms with Gasteiger partial charge in [0.2, 0.25) is 5.91 Å². The van der Waals surface area contributed by atoms with E-state index >= 15 is 0 Å². The van der Waals surface area contributed by atoms with Crippen molar-refractivity contribution >= 4 is 40.8 Å². The minimum Gasteiger partial charge on any atom is -0.349 e. The highest BCUT2D eigenvalue weighted by molar-refractivity contribution is 7.13. The maximum Gasteiger partial charge on any atom is 0.314 e. The molecule has 1 fully saturated rings. The molecule has 0 spiro atoms. The smallest absolute Gasteiger partial charge is 0.314 e. The molecule has 0 saturated heterocycles. The average Bonchev–Trinajstić information content (AvgIpc) is 3.29. The Morgan fingerprint density at radius 3 is 2.57 bits per heavy atom. The molecule has 12 heteroatoms. The summed E-state index contributed by atoms with van der Waals surface area (Å²) < 4.78 is 0. The maximum absolute atomic E-state index is 13.2. The van der Waals surface area contributed by atoms with E-state index in [4.69, 9.17) is 0 Å². The van der Waals surface area contributed by atoms with Crippen LogP contribution in [0.2, 0.25) is 0 Å². The van der Waals surface area contributed by atoms with Crippen LogP contribution in [0, 0.1) is 12.8 Å². The lowest BCUT2D eigenvalue weighted by molar-refractivity contribution is -0.137. The first-order chi connectivity index (χ1) is 17.6. The number of amides is 4. The Labute approximate surface area is 220 Å². The van der Waals surface area contributed by atoms with Crippen LogP contribution in [0.15, 0.2) is 18.3 Å². The van der Waals surface area contributed by atoms with Gasteiger partial charge in [-0.25, -0.2) is 9.97 Å². The second-order valence-electron chi connectivity index (χ2n) is 9.95. The van der Waals surface area contributed by atoms with Gasteiger partial charge in [-0.1, -0.05) is 6.07 Å². The molecule has 198 valence electrons. The monoisotopic (exact) mass is 527 g/mol. The molecule has 3 heterocycles. The highest BCUT2D eigenvalue weighted by atomic mass is 32.1. The topological polar surface area (TPSA) is 137 Å². The number of fused-ring (bicyclic) bond motifs is 1. The molecule has 0 bridgehead atoms. The van der Waals surface area contributed by atoms with Crippen LogP contribution in [0.1, 0.15) is 45.2 Å². The number of nitrogens with one attached hydrogen (secondary N) is 3. The summed E-state index contributed by atoms with van der Waals surface area (Å²) in [7, 11) is 5.43. The Kier molecular flexibility index (Phi) is 8.18. The zero-order valence-corrected chi connectivity index (χ0v) is 22.4. The summed E-state index contributed by atoms with van der Waals surface area (Å²) in [6.07, 6.45) is 3.71.